The van der Waals surface area contributed by atoms with Crippen LogP contribution in [0.15, 0.2) is 6.07 Å². The molecule has 96 valence electrons. The molecule has 0 aliphatic carbocycles. The standard InChI is InChI=1S/C12H17FO4/c1-7(14)5-8-6-9(15-2)12(17-4)10(13)11(8)16-3/h6-7,14H,5H2,1-4H3. The summed E-state index contributed by atoms with van der Waals surface area (Å²) in [4.78, 5) is 0. The van der Waals surface area contributed by atoms with Crippen molar-refractivity contribution in [3.63, 3.8) is 0 Å². The molecule has 1 atom stereocenters. The van der Waals surface area contributed by atoms with Crippen LogP contribution in [0.4, 0.5) is 4.39 Å². The van der Waals surface area contributed by atoms with Gasteiger partial charge in [0, 0.05) is 12.0 Å². The van der Waals surface area contributed by atoms with Crippen molar-refractivity contribution in [2.24, 2.45) is 0 Å². The van der Waals surface area contributed by atoms with Crippen LogP contribution in [0.1, 0.15) is 12.5 Å². The van der Waals surface area contributed by atoms with Gasteiger partial charge in [-0.25, -0.2) is 0 Å². The Morgan fingerprint density at radius 1 is 1.18 bits per heavy atom. The average molecular weight is 244 g/mol. The third kappa shape index (κ3) is 2.79. The van der Waals surface area contributed by atoms with E-state index in [1.807, 2.05) is 0 Å². The molecule has 0 saturated heterocycles. The minimum absolute atomic E-state index is 0.00121. The summed E-state index contributed by atoms with van der Waals surface area (Å²) >= 11 is 0. The van der Waals surface area contributed by atoms with Crippen LogP contribution in [-0.2, 0) is 6.42 Å². The molecule has 4 nitrogen and oxygen atoms in total. The van der Waals surface area contributed by atoms with Crippen molar-refractivity contribution in [2.45, 2.75) is 19.4 Å². The summed E-state index contributed by atoms with van der Waals surface area (Å²) in [6.07, 6.45) is -0.318. The minimum Gasteiger partial charge on any atom is -0.493 e. The van der Waals surface area contributed by atoms with E-state index in [1.54, 1.807) is 13.0 Å². The van der Waals surface area contributed by atoms with Crippen molar-refractivity contribution in [2.75, 3.05) is 21.3 Å². The molecule has 17 heavy (non-hydrogen) atoms. The van der Waals surface area contributed by atoms with Crippen molar-refractivity contribution < 1.29 is 23.7 Å². The van der Waals surface area contributed by atoms with E-state index in [2.05, 4.69) is 0 Å². The van der Waals surface area contributed by atoms with Crippen molar-refractivity contribution >= 4 is 0 Å². The predicted octanol–water partition coefficient (Wildman–Crippen LogP) is 1.77. The number of ether oxygens (including phenoxy) is 3. The molecule has 0 saturated carbocycles. The van der Waals surface area contributed by atoms with Crippen LogP contribution in [0, 0.1) is 5.82 Å². The van der Waals surface area contributed by atoms with Gasteiger partial charge in [-0.1, -0.05) is 0 Å². The lowest BCUT2D eigenvalue weighted by atomic mass is 10.1. The molecule has 1 rings (SSSR count). The summed E-state index contributed by atoms with van der Waals surface area (Å²) < 4.78 is 29.0. The highest BCUT2D eigenvalue weighted by Gasteiger charge is 2.21. The summed E-state index contributed by atoms with van der Waals surface area (Å²) in [6, 6.07) is 1.60. The zero-order valence-electron chi connectivity index (χ0n) is 10.4. The van der Waals surface area contributed by atoms with Crippen LogP contribution in [0.2, 0.25) is 0 Å². The van der Waals surface area contributed by atoms with Gasteiger partial charge in [0.05, 0.1) is 27.4 Å². The van der Waals surface area contributed by atoms with Crippen LogP contribution < -0.4 is 14.2 Å². The molecular weight excluding hydrogens is 227 g/mol. The molecule has 0 bridgehead atoms. The van der Waals surface area contributed by atoms with Gasteiger partial charge in [0.25, 0.3) is 0 Å². The topological polar surface area (TPSA) is 47.9 Å². The Balaban J connectivity index is 3.34. The Hall–Kier alpha value is -1.49. The minimum atomic E-state index is -0.620. The molecule has 0 aliphatic rings. The Morgan fingerprint density at radius 2 is 1.76 bits per heavy atom. The number of halogens is 1. The van der Waals surface area contributed by atoms with E-state index < -0.39 is 11.9 Å². The number of aliphatic hydroxyl groups is 1. The van der Waals surface area contributed by atoms with E-state index in [0.29, 0.717) is 5.56 Å². The van der Waals surface area contributed by atoms with E-state index >= 15 is 0 Å². The molecule has 1 aromatic rings. The lowest BCUT2D eigenvalue weighted by molar-refractivity contribution is 0.193. The van der Waals surface area contributed by atoms with Crippen molar-refractivity contribution in [3.8, 4) is 17.2 Å². The molecule has 1 unspecified atom stereocenters. The van der Waals surface area contributed by atoms with Crippen LogP contribution in [0.25, 0.3) is 0 Å². The maximum atomic E-state index is 14.0. The molecule has 0 heterocycles. The fourth-order valence-electron chi connectivity index (χ4n) is 1.67. The van der Waals surface area contributed by atoms with Gasteiger partial charge >= 0.3 is 0 Å². The van der Waals surface area contributed by atoms with E-state index in [4.69, 9.17) is 14.2 Å². The van der Waals surface area contributed by atoms with Gasteiger partial charge < -0.3 is 19.3 Å². The number of rotatable bonds is 5. The normalized spacial score (nSPS) is 12.1. The van der Waals surface area contributed by atoms with Crippen LogP contribution in [-0.4, -0.2) is 32.5 Å². The van der Waals surface area contributed by atoms with Gasteiger partial charge in [-0.05, 0) is 13.0 Å². The maximum absolute atomic E-state index is 14.0. The molecule has 1 aromatic carbocycles. The summed E-state index contributed by atoms with van der Waals surface area (Å²) in [6.45, 7) is 1.62. The predicted molar refractivity (Wildman–Crippen MR) is 61.4 cm³/mol. The number of hydrogen-bond acceptors (Lipinski definition) is 4. The van der Waals surface area contributed by atoms with E-state index in [-0.39, 0.29) is 23.7 Å². The van der Waals surface area contributed by atoms with Crippen molar-refractivity contribution in [1.29, 1.82) is 0 Å². The molecule has 1 N–H and O–H groups in total. The van der Waals surface area contributed by atoms with Gasteiger partial charge in [0.15, 0.2) is 11.5 Å². The third-order valence-corrected chi connectivity index (χ3v) is 2.36. The monoisotopic (exact) mass is 244 g/mol. The Labute approximate surface area is 99.9 Å². The lowest BCUT2D eigenvalue weighted by Crippen LogP contribution is -2.08. The largest absolute Gasteiger partial charge is 0.493 e. The molecule has 0 spiro atoms. The summed E-state index contributed by atoms with van der Waals surface area (Å²) in [5.74, 6) is -0.270. The van der Waals surface area contributed by atoms with Gasteiger partial charge in [0.1, 0.15) is 0 Å². The SMILES string of the molecule is COc1cc(CC(C)O)c(OC)c(F)c1OC. The van der Waals surface area contributed by atoms with Crippen molar-refractivity contribution in [1.82, 2.24) is 0 Å². The Morgan fingerprint density at radius 3 is 2.18 bits per heavy atom. The van der Waals surface area contributed by atoms with Gasteiger partial charge in [-0.2, -0.15) is 4.39 Å². The quantitative estimate of drug-likeness (QED) is 0.857. The summed E-state index contributed by atoms with van der Waals surface area (Å²) in [5, 5.41) is 9.36. The highest BCUT2D eigenvalue weighted by molar-refractivity contribution is 5.52. The highest BCUT2D eigenvalue weighted by atomic mass is 19.1. The van der Waals surface area contributed by atoms with Crippen LogP contribution in [0.5, 0.6) is 17.2 Å². The van der Waals surface area contributed by atoms with Crippen molar-refractivity contribution in [3.05, 3.63) is 17.4 Å². The molecule has 0 fully saturated rings. The second kappa shape index (κ2) is 5.72. The lowest BCUT2D eigenvalue weighted by Gasteiger charge is -2.16. The number of benzene rings is 1. The van der Waals surface area contributed by atoms with E-state index in [9.17, 15) is 9.50 Å². The van der Waals surface area contributed by atoms with Gasteiger partial charge in [0.2, 0.25) is 11.6 Å². The maximum Gasteiger partial charge on any atom is 0.210 e. The first-order valence-corrected chi connectivity index (χ1v) is 5.20. The van der Waals surface area contributed by atoms with Crippen LogP contribution >= 0.6 is 0 Å². The molecule has 0 radical (unpaired) electrons. The second-order valence-corrected chi connectivity index (χ2v) is 3.67. The molecular formula is C12H17FO4. The molecule has 0 aliphatic heterocycles. The summed E-state index contributed by atoms with van der Waals surface area (Å²) in [7, 11) is 4.15. The molecule has 0 amide bonds. The molecule has 0 aromatic heterocycles. The third-order valence-electron chi connectivity index (χ3n) is 2.36. The fourth-order valence-corrected chi connectivity index (χ4v) is 1.67. The number of aliphatic hydroxyl groups excluding tert-OH is 1. The number of methoxy groups -OCH3 is 3. The summed E-state index contributed by atoms with van der Waals surface area (Å²) in [5.41, 5.74) is 0.539. The van der Waals surface area contributed by atoms with Crippen LogP contribution in [0.3, 0.4) is 0 Å². The first-order valence-electron chi connectivity index (χ1n) is 5.20. The zero-order chi connectivity index (χ0) is 13.0. The van der Waals surface area contributed by atoms with E-state index in [0.717, 1.165) is 0 Å². The Bertz CT molecular complexity index is 391. The Kier molecular flexibility index (Phi) is 4.57. The highest BCUT2D eigenvalue weighted by Crippen LogP contribution is 2.39. The number of hydrogen-bond donors (Lipinski definition) is 1. The first-order chi connectivity index (χ1) is 8.04. The smallest absolute Gasteiger partial charge is 0.210 e. The van der Waals surface area contributed by atoms with Gasteiger partial charge in [-0.15, -0.1) is 0 Å². The fraction of sp³-hybridized carbons (Fsp3) is 0.500. The van der Waals surface area contributed by atoms with Gasteiger partial charge in [-0.3, -0.25) is 0 Å². The first kappa shape index (κ1) is 13.6. The second-order valence-electron chi connectivity index (χ2n) is 3.67. The average Bonchev–Trinajstić information content (AvgIpc) is 2.28. The van der Waals surface area contributed by atoms with E-state index in [1.165, 1.54) is 21.3 Å². The zero-order valence-corrected chi connectivity index (χ0v) is 10.4. The molecule has 5 heteroatoms.